The molecule has 0 atom stereocenters. The van der Waals surface area contributed by atoms with E-state index in [-0.39, 0.29) is 0 Å². The van der Waals surface area contributed by atoms with Crippen LogP contribution in [0.4, 0.5) is 0 Å². The van der Waals surface area contributed by atoms with Crippen LogP contribution >= 0.6 is 0 Å². The summed E-state index contributed by atoms with van der Waals surface area (Å²) in [5.74, 6) is 0. The van der Waals surface area contributed by atoms with Gasteiger partial charge in [0.05, 0.1) is 0 Å². The monoisotopic (exact) mass is 111 g/mol. The Balaban J connectivity index is 3.08. The topological polar surface area (TPSA) is 25.8 Å². The van der Waals surface area contributed by atoms with E-state index in [1.807, 2.05) is 19.9 Å². The van der Waals surface area contributed by atoms with Crippen LogP contribution in [0.1, 0.15) is 11.4 Å². The van der Waals surface area contributed by atoms with E-state index in [9.17, 15) is 0 Å². The molecule has 0 aliphatic carbocycles. The van der Waals surface area contributed by atoms with Crippen molar-refractivity contribution in [3.05, 3.63) is 23.8 Å². The lowest BCUT2D eigenvalue weighted by molar-refractivity contribution is 1.05. The Morgan fingerprint density at radius 2 is 1.62 bits per heavy atom. The lowest BCUT2D eigenvalue weighted by Crippen LogP contribution is -1.84. The van der Waals surface area contributed by atoms with Crippen LogP contribution in [0.25, 0.3) is 0 Å². The van der Waals surface area contributed by atoms with Gasteiger partial charge in [-0.1, -0.05) is 0 Å². The van der Waals surface area contributed by atoms with Crippen LogP contribution in [0.3, 0.4) is 0 Å². The molecule has 0 spiro atoms. The molecule has 1 aromatic heterocycles. The molecule has 0 aliphatic heterocycles. The average Bonchev–Trinajstić information content (AvgIpc) is 1.64. The van der Waals surface area contributed by atoms with Gasteiger partial charge in [-0.3, -0.25) is 0 Å². The molecule has 0 saturated carbocycles. The highest BCUT2D eigenvalue weighted by Gasteiger charge is 1.83. The molecule has 1 aromatic rings. The molecule has 0 fully saturated rings. The number of aromatic nitrogens is 2. The second-order valence-electron chi connectivity index (χ2n) is 1.80. The third-order valence-corrected chi connectivity index (χ3v) is 0.941. The molecule has 0 unspecified atom stereocenters. The zero-order valence-corrected chi connectivity index (χ0v) is 5.05. The first kappa shape index (κ1) is 5.22. The molecule has 42 valence electrons. The van der Waals surface area contributed by atoms with Crippen molar-refractivity contribution in [2.45, 2.75) is 13.8 Å². The van der Waals surface area contributed by atoms with E-state index in [4.69, 9.17) is 0 Å². The van der Waals surface area contributed by atoms with E-state index in [1.165, 1.54) is 0 Å². The Labute approximate surface area is 48.6 Å². The summed E-state index contributed by atoms with van der Waals surface area (Å²) in [6.07, 6.45) is 1.57. The SMILES string of the molecule is Cc1cc(C)[15n][13cH][15n]1. The Morgan fingerprint density at radius 3 is 1.88 bits per heavy atom. The third kappa shape index (κ3) is 1.03. The fourth-order valence-electron chi connectivity index (χ4n) is 0.588. The number of hydrogen-bond donors (Lipinski definition) is 0. The van der Waals surface area contributed by atoms with E-state index >= 15 is 0 Å². The van der Waals surface area contributed by atoms with Crippen LogP contribution in [0.15, 0.2) is 12.4 Å². The molecule has 0 radical (unpaired) electrons. The minimum atomic E-state index is 1.03. The summed E-state index contributed by atoms with van der Waals surface area (Å²) in [5.41, 5.74) is 2.05. The van der Waals surface area contributed by atoms with Gasteiger partial charge in [-0.2, -0.15) is 0 Å². The van der Waals surface area contributed by atoms with E-state index in [2.05, 4.69) is 9.97 Å². The van der Waals surface area contributed by atoms with E-state index in [1.54, 1.807) is 6.33 Å². The molecule has 1 rings (SSSR count). The van der Waals surface area contributed by atoms with Crippen molar-refractivity contribution < 1.29 is 0 Å². The van der Waals surface area contributed by atoms with Crippen molar-refractivity contribution in [3.8, 4) is 0 Å². The summed E-state index contributed by atoms with van der Waals surface area (Å²) in [6.45, 7) is 3.91. The number of aryl methyl sites for hydroxylation is 2. The van der Waals surface area contributed by atoms with Gasteiger partial charge >= 0.3 is 0 Å². The maximum absolute atomic E-state index is 3.93. The molecule has 1 heterocycles. The standard InChI is InChI=1S/C6H8N2/c1-5-3-6(2)8-4-7-5/h3-4H,1-2H3/i4+1,7+1,8+1. The zero-order chi connectivity index (χ0) is 5.98. The van der Waals surface area contributed by atoms with Crippen molar-refractivity contribution in [1.82, 2.24) is 9.97 Å². The lowest BCUT2D eigenvalue weighted by Gasteiger charge is -1.89. The minimum absolute atomic E-state index is 1.03. The Kier molecular flexibility index (Phi) is 1.24. The van der Waals surface area contributed by atoms with Crippen LogP contribution in [-0.4, -0.2) is 9.97 Å². The molecule has 0 aliphatic rings. The van der Waals surface area contributed by atoms with Gasteiger partial charge in [-0.25, -0.2) is 9.97 Å². The number of nitrogens with zero attached hydrogens (tertiary/aromatic N) is 2. The van der Waals surface area contributed by atoms with Gasteiger partial charge in [-0.05, 0) is 19.9 Å². The van der Waals surface area contributed by atoms with Gasteiger partial charge < -0.3 is 0 Å². The quantitative estimate of drug-likeness (QED) is 0.501. The molecule has 0 N–H and O–H groups in total. The first-order valence-corrected chi connectivity index (χ1v) is 2.54. The predicted octanol–water partition coefficient (Wildman–Crippen LogP) is 1.09. The van der Waals surface area contributed by atoms with Crippen LogP contribution in [-0.2, 0) is 0 Å². The van der Waals surface area contributed by atoms with Gasteiger partial charge in [0.2, 0.25) is 0 Å². The Hall–Kier alpha value is -0.920. The molecule has 8 heavy (non-hydrogen) atoms. The number of rotatable bonds is 0. The van der Waals surface area contributed by atoms with Crippen molar-refractivity contribution in [3.63, 3.8) is 0 Å². The van der Waals surface area contributed by atoms with Crippen molar-refractivity contribution in [2.24, 2.45) is 0 Å². The van der Waals surface area contributed by atoms with Crippen molar-refractivity contribution in [1.29, 1.82) is 0 Å². The summed E-state index contributed by atoms with van der Waals surface area (Å²) in [4.78, 5) is 7.86. The first-order chi connectivity index (χ1) is 3.79. The summed E-state index contributed by atoms with van der Waals surface area (Å²) in [6, 6.07) is 1.94. The van der Waals surface area contributed by atoms with E-state index in [0.29, 0.717) is 0 Å². The molecule has 2 heteroatoms. The molecular formula is C6H8N2. The average molecular weight is 111 g/mol. The van der Waals surface area contributed by atoms with Crippen molar-refractivity contribution >= 4 is 0 Å². The van der Waals surface area contributed by atoms with Crippen LogP contribution in [0.2, 0.25) is 0 Å². The fourth-order valence-corrected chi connectivity index (χ4v) is 0.588. The molecule has 0 saturated heterocycles. The highest BCUT2D eigenvalue weighted by atomic mass is 15.7. The smallest absolute Gasteiger partial charge is 0.115 e. The zero-order valence-electron chi connectivity index (χ0n) is 5.05. The highest BCUT2D eigenvalue weighted by molar-refractivity contribution is 5.03. The second kappa shape index (κ2) is 1.90. The molecule has 2 nitrogen and oxygen atoms in total. The minimum Gasteiger partial charge on any atom is -0.242 e. The maximum atomic E-state index is 3.93. The third-order valence-electron chi connectivity index (χ3n) is 0.941. The number of hydrogen-bond acceptors (Lipinski definition) is 2. The maximum Gasteiger partial charge on any atom is 0.115 e. The molecule has 0 bridgehead atoms. The van der Waals surface area contributed by atoms with E-state index < -0.39 is 0 Å². The van der Waals surface area contributed by atoms with E-state index in [0.717, 1.165) is 11.4 Å². The summed E-state index contributed by atoms with van der Waals surface area (Å²) >= 11 is 0. The molecular weight excluding hydrogens is 103 g/mol. The summed E-state index contributed by atoms with van der Waals surface area (Å²) in [7, 11) is 0. The van der Waals surface area contributed by atoms with Crippen LogP contribution in [0, 0.1) is 13.8 Å². The van der Waals surface area contributed by atoms with Crippen LogP contribution in [0.5, 0.6) is 0 Å². The van der Waals surface area contributed by atoms with Gasteiger partial charge in [-0.15, -0.1) is 0 Å². The highest BCUT2D eigenvalue weighted by Crippen LogP contribution is 1.91. The summed E-state index contributed by atoms with van der Waals surface area (Å²) < 4.78 is 0. The van der Waals surface area contributed by atoms with Crippen molar-refractivity contribution in [2.75, 3.05) is 0 Å². The molecule has 0 aromatic carbocycles. The normalized spacial score (nSPS) is 9.25. The Bertz CT molecular complexity index is 166. The van der Waals surface area contributed by atoms with Gasteiger partial charge in [0, 0.05) is 11.4 Å². The fraction of sp³-hybridized carbons (Fsp3) is 0.333. The molecule has 0 amide bonds. The first-order valence-electron chi connectivity index (χ1n) is 2.54. The van der Waals surface area contributed by atoms with Gasteiger partial charge in [0.15, 0.2) is 0 Å². The second-order valence-corrected chi connectivity index (χ2v) is 1.80. The Morgan fingerprint density at radius 1 is 1.12 bits per heavy atom. The largest absolute Gasteiger partial charge is 0.242 e. The van der Waals surface area contributed by atoms with Gasteiger partial charge in [0.1, 0.15) is 6.33 Å². The summed E-state index contributed by atoms with van der Waals surface area (Å²) in [5, 5.41) is 0. The lowest BCUT2D eigenvalue weighted by atomic mass is 10.4. The van der Waals surface area contributed by atoms with Gasteiger partial charge in [0.25, 0.3) is 0 Å². The van der Waals surface area contributed by atoms with Crippen LogP contribution < -0.4 is 0 Å². The predicted molar refractivity (Wildman–Crippen MR) is 31.5 cm³/mol.